The third-order valence-electron chi connectivity index (χ3n) is 3.11. The minimum atomic E-state index is -0.834. The van der Waals surface area contributed by atoms with Crippen molar-refractivity contribution in [2.75, 3.05) is 6.54 Å². The van der Waals surface area contributed by atoms with Gasteiger partial charge >= 0.3 is 5.97 Å². The summed E-state index contributed by atoms with van der Waals surface area (Å²) in [4.78, 5) is 12.7. The molecular formula is C15H22FNO2. The van der Waals surface area contributed by atoms with Gasteiger partial charge in [-0.25, -0.2) is 4.39 Å². The van der Waals surface area contributed by atoms with E-state index in [1.54, 1.807) is 6.07 Å². The van der Waals surface area contributed by atoms with Crippen LogP contribution in [-0.4, -0.2) is 28.1 Å². The average molecular weight is 267 g/mol. The van der Waals surface area contributed by atoms with Crippen LogP contribution in [0.15, 0.2) is 18.2 Å². The van der Waals surface area contributed by atoms with E-state index in [9.17, 15) is 9.18 Å². The van der Waals surface area contributed by atoms with Crippen molar-refractivity contribution in [2.24, 2.45) is 0 Å². The number of carboxylic acid groups (broad SMARTS) is 1. The molecule has 0 aromatic heterocycles. The lowest BCUT2D eigenvalue weighted by molar-refractivity contribution is -0.137. The second-order valence-corrected chi connectivity index (χ2v) is 5.83. The third-order valence-corrected chi connectivity index (χ3v) is 3.11. The number of carbonyl (C=O) groups is 1. The lowest BCUT2D eigenvalue weighted by atomic mass is 10.0. The predicted molar refractivity (Wildman–Crippen MR) is 73.6 cm³/mol. The van der Waals surface area contributed by atoms with Gasteiger partial charge in [0.25, 0.3) is 0 Å². The molecule has 0 saturated heterocycles. The summed E-state index contributed by atoms with van der Waals surface area (Å²) < 4.78 is 13.8. The molecule has 19 heavy (non-hydrogen) atoms. The normalized spacial score (nSPS) is 11.9. The minimum absolute atomic E-state index is 0.0602. The molecule has 1 N–H and O–H groups in total. The second kappa shape index (κ2) is 6.15. The molecule has 0 heterocycles. The zero-order chi connectivity index (χ0) is 14.6. The molecule has 1 rings (SSSR count). The van der Waals surface area contributed by atoms with Crippen LogP contribution in [0.25, 0.3) is 0 Å². The van der Waals surface area contributed by atoms with E-state index in [4.69, 9.17) is 5.11 Å². The monoisotopic (exact) mass is 267 g/mol. The highest BCUT2D eigenvalue weighted by Gasteiger charge is 2.23. The van der Waals surface area contributed by atoms with Crippen molar-refractivity contribution in [3.8, 4) is 0 Å². The maximum atomic E-state index is 13.8. The summed E-state index contributed by atoms with van der Waals surface area (Å²) in [7, 11) is 0. The number of aryl methyl sites for hydroxylation is 1. The Kier molecular flexibility index (Phi) is 5.06. The lowest BCUT2D eigenvalue weighted by Gasteiger charge is -2.35. The molecule has 0 radical (unpaired) electrons. The van der Waals surface area contributed by atoms with Crippen LogP contribution in [0.3, 0.4) is 0 Å². The van der Waals surface area contributed by atoms with Crippen LogP contribution >= 0.6 is 0 Å². The molecule has 0 amide bonds. The number of aliphatic carboxylic acids is 1. The molecule has 0 aliphatic carbocycles. The number of rotatable bonds is 5. The summed E-state index contributed by atoms with van der Waals surface area (Å²) in [6.45, 7) is 8.76. The Labute approximate surface area is 114 Å². The fraction of sp³-hybridized carbons (Fsp3) is 0.533. The molecule has 0 bridgehead atoms. The Morgan fingerprint density at radius 3 is 2.53 bits per heavy atom. The quantitative estimate of drug-likeness (QED) is 0.890. The first-order chi connectivity index (χ1) is 8.70. The van der Waals surface area contributed by atoms with Gasteiger partial charge in [0, 0.05) is 24.2 Å². The fourth-order valence-corrected chi connectivity index (χ4v) is 1.91. The molecule has 0 atom stereocenters. The molecule has 3 nitrogen and oxygen atoms in total. The second-order valence-electron chi connectivity index (χ2n) is 5.83. The first-order valence-corrected chi connectivity index (χ1v) is 6.42. The molecular weight excluding hydrogens is 245 g/mol. The Bertz CT molecular complexity index is 452. The molecule has 0 spiro atoms. The number of halogens is 1. The van der Waals surface area contributed by atoms with Crippen molar-refractivity contribution in [3.05, 3.63) is 35.1 Å². The van der Waals surface area contributed by atoms with E-state index in [1.807, 2.05) is 38.7 Å². The summed E-state index contributed by atoms with van der Waals surface area (Å²) in [6.07, 6.45) is 0.0602. The molecule has 4 heteroatoms. The highest BCUT2D eigenvalue weighted by Crippen LogP contribution is 2.20. The van der Waals surface area contributed by atoms with Crippen molar-refractivity contribution in [1.29, 1.82) is 0 Å². The maximum absolute atomic E-state index is 13.8. The Balaban J connectivity index is 2.88. The van der Waals surface area contributed by atoms with E-state index < -0.39 is 5.97 Å². The van der Waals surface area contributed by atoms with Crippen molar-refractivity contribution in [3.63, 3.8) is 0 Å². The number of hydrogen-bond acceptors (Lipinski definition) is 2. The first kappa shape index (κ1) is 15.6. The fourth-order valence-electron chi connectivity index (χ4n) is 1.91. The largest absolute Gasteiger partial charge is 0.481 e. The zero-order valence-electron chi connectivity index (χ0n) is 12.0. The van der Waals surface area contributed by atoms with Crippen LogP contribution in [0.2, 0.25) is 0 Å². The van der Waals surface area contributed by atoms with Gasteiger partial charge in [0.2, 0.25) is 0 Å². The summed E-state index contributed by atoms with van der Waals surface area (Å²) in [6, 6.07) is 5.01. The van der Waals surface area contributed by atoms with Gasteiger partial charge < -0.3 is 5.11 Å². The summed E-state index contributed by atoms with van der Waals surface area (Å²) in [5.74, 6) is -1.07. The van der Waals surface area contributed by atoms with Crippen LogP contribution in [0.1, 0.15) is 38.3 Å². The zero-order valence-corrected chi connectivity index (χ0v) is 12.0. The van der Waals surface area contributed by atoms with E-state index in [-0.39, 0.29) is 17.8 Å². The average Bonchev–Trinajstić information content (AvgIpc) is 2.26. The molecule has 0 unspecified atom stereocenters. The van der Waals surface area contributed by atoms with Gasteiger partial charge in [0.1, 0.15) is 5.82 Å². The van der Waals surface area contributed by atoms with Crippen molar-refractivity contribution in [2.45, 2.75) is 46.2 Å². The van der Waals surface area contributed by atoms with Crippen molar-refractivity contribution < 1.29 is 14.3 Å². The van der Waals surface area contributed by atoms with E-state index in [1.165, 1.54) is 6.07 Å². The van der Waals surface area contributed by atoms with E-state index in [2.05, 4.69) is 0 Å². The predicted octanol–water partition coefficient (Wildman–Crippen LogP) is 3.21. The maximum Gasteiger partial charge on any atom is 0.304 e. The van der Waals surface area contributed by atoms with Crippen LogP contribution in [0, 0.1) is 12.7 Å². The summed E-state index contributed by atoms with van der Waals surface area (Å²) in [5, 5.41) is 8.79. The standard InChI is InChI=1S/C15H22FNO2/c1-11-5-6-13(16)12(9-11)10-17(15(2,3)4)8-7-14(18)19/h5-6,9H,7-8,10H2,1-4H3,(H,18,19). The minimum Gasteiger partial charge on any atom is -0.481 e. The van der Waals surface area contributed by atoms with Gasteiger partial charge in [-0.1, -0.05) is 17.7 Å². The molecule has 1 aromatic carbocycles. The molecule has 0 saturated carbocycles. The third kappa shape index (κ3) is 4.99. The van der Waals surface area contributed by atoms with Crippen LogP contribution in [0.4, 0.5) is 4.39 Å². The molecule has 0 aliphatic heterocycles. The lowest BCUT2D eigenvalue weighted by Crippen LogP contribution is -2.42. The van der Waals surface area contributed by atoms with E-state index in [0.717, 1.165) is 5.56 Å². The van der Waals surface area contributed by atoms with Crippen molar-refractivity contribution >= 4 is 5.97 Å². The Hall–Kier alpha value is -1.42. The summed E-state index contributed by atoms with van der Waals surface area (Å²) >= 11 is 0. The van der Waals surface area contributed by atoms with Gasteiger partial charge in [-0.3, -0.25) is 9.69 Å². The van der Waals surface area contributed by atoms with Crippen molar-refractivity contribution in [1.82, 2.24) is 4.90 Å². The summed E-state index contributed by atoms with van der Waals surface area (Å²) in [5.41, 5.74) is 1.41. The molecule has 0 aliphatic rings. The topological polar surface area (TPSA) is 40.5 Å². The SMILES string of the molecule is Cc1ccc(F)c(CN(CCC(=O)O)C(C)(C)C)c1. The van der Waals surface area contributed by atoms with Crippen LogP contribution in [-0.2, 0) is 11.3 Å². The molecule has 1 aromatic rings. The van der Waals surface area contributed by atoms with Gasteiger partial charge in [-0.05, 0) is 33.8 Å². The highest BCUT2D eigenvalue weighted by molar-refractivity contribution is 5.66. The Morgan fingerprint density at radius 2 is 2.00 bits per heavy atom. The van der Waals surface area contributed by atoms with Gasteiger partial charge in [0.15, 0.2) is 0 Å². The van der Waals surface area contributed by atoms with Gasteiger partial charge in [0.05, 0.1) is 6.42 Å². The molecule has 0 fully saturated rings. The number of benzene rings is 1. The smallest absolute Gasteiger partial charge is 0.304 e. The Morgan fingerprint density at radius 1 is 1.37 bits per heavy atom. The highest BCUT2D eigenvalue weighted by atomic mass is 19.1. The van der Waals surface area contributed by atoms with E-state index >= 15 is 0 Å². The number of hydrogen-bond donors (Lipinski definition) is 1. The number of carboxylic acids is 1. The van der Waals surface area contributed by atoms with Crippen LogP contribution in [0.5, 0.6) is 0 Å². The molecule has 106 valence electrons. The van der Waals surface area contributed by atoms with Crippen LogP contribution < -0.4 is 0 Å². The first-order valence-electron chi connectivity index (χ1n) is 6.42. The van der Waals surface area contributed by atoms with Gasteiger partial charge in [-0.2, -0.15) is 0 Å². The number of nitrogens with zero attached hydrogens (tertiary/aromatic N) is 1. The van der Waals surface area contributed by atoms with Gasteiger partial charge in [-0.15, -0.1) is 0 Å². The van der Waals surface area contributed by atoms with E-state index in [0.29, 0.717) is 18.7 Å².